The summed E-state index contributed by atoms with van der Waals surface area (Å²) in [7, 11) is 0. The standard InChI is InChI=1S/C24H23FN6O3S/c1-14-11-16(15(2)30(14)18-5-3-17(25)4-6-18)12-19-22(26)31-24(27-23(19)33)35-20(28-31)13-21(32)29-7-9-34-10-8-29/h3-6,11-12,26H,7-10,13H2,1-2H3/b19-12+,26-22?. The molecule has 1 saturated heterocycles. The molecule has 1 fully saturated rings. The molecule has 1 N–H and O–H groups in total. The van der Waals surface area contributed by atoms with Gasteiger partial charge in [-0.15, -0.1) is 0 Å². The Balaban J connectivity index is 1.39. The maximum Gasteiger partial charge on any atom is 0.283 e. The Morgan fingerprint density at radius 1 is 1.23 bits per heavy atom. The number of hydrogen-bond donors (Lipinski definition) is 1. The van der Waals surface area contributed by atoms with Crippen LogP contribution in [0.25, 0.3) is 11.8 Å². The number of ether oxygens (including phenoxy) is 1. The van der Waals surface area contributed by atoms with Gasteiger partial charge in [0.1, 0.15) is 10.9 Å². The third kappa shape index (κ3) is 4.44. The lowest BCUT2D eigenvalue weighted by Crippen LogP contribution is -2.41. The number of nitrogens with one attached hydrogen (secondary N) is 1. The number of aryl methyl sites for hydroxylation is 1. The molecule has 1 aromatic heterocycles. The monoisotopic (exact) mass is 494 g/mol. The molecular formula is C24H23FN6O3S. The van der Waals surface area contributed by atoms with Crippen molar-refractivity contribution in [1.29, 1.82) is 5.41 Å². The minimum Gasteiger partial charge on any atom is -0.378 e. The number of hydrazone groups is 1. The molecule has 0 bridgehead atoms. The van der Waals surface area contributed by atoms with Crippen molar-refractivity contribution in [2.24, 2.45) is 10.1 Å². The quantitative estimate of drug-likeness (QED) is 0.658. The van der Waals surface area contributed by atoms with Crippen LogP contribution in [-0.4, -0.2) is 68.6 Å². The summed E-state index contributed by atoms with van der Waals surface area (Å²) in [4.78, 5) is 31.2. The molecule has 2 aromatic rings. The molecule has 2 amide bonds. The number of aliphatic imine (C=N–C) groups is 1. The van der Waals surface area contributed by atoms with Crippen molar-refractivity contribution >= 4 is 45.7 Å². The first-order valence-electron chi connectivity index (χ1n) is 11.1. The van der Waals surface area contributed by atoms with E-state index in [1.807, 2.05) is 24.5 Å². The number of benzene rings is 1. The summed E-state index contributed by atoms with van der Waals surface area (Å²) in [5.74, 6) is -1.01. The number of amides is 2. The number of halogens is 1. The minimum atomic E-state index is -0.531. The number of rotatable bonds is 4. The second-order valence-electron chi connectivity index (χ2n) is 8.32. The molecule has 3 aliphatic rings. The van der Waals surface area contributed by atoms with E-state index in [2.05, 4.69) is 10.1 Å². The van der Waals surface area contributed by atoms with Gasteiger partial charge in [-0.2, -0.15) is 15.1 Å². The summed E-state index contributed by atoms with van der Waals surface area (Å²) in [5, 5.41) is 15.1. The summed E-state index contributed by atoms with van der Waals surface area (Å²) in [5.41, 5.74) is 3.40. The summed E-state index contributed by atoms with van der Waals surface area (Å²) < 4.78 is 20.6. The van der Waals surface area contributed by atoms with E-state index in [9.17, 15) is 14.0 Å². The van der Waals surface area contributed by atoms with Crippen LogP contribution in [-0.2, 0) is 14.3 Å². The number of aromatic nitrogens is 1. The molecule has 5 rings (SSSR count). The van der Waals surface area contributed by atoms with Crippen molar-refractivity contribution in [3.63, 3.8) is 0 Å². The topological polar surface area (TPSA) is 103 Å². The number of hydrogen-bond acceptors (Lipinski definition) is 6. The van der Waals surface area contributed by atoms with Gasteiger partial charge in [0.25, 0.3) is 5.91 Å². The van der Waals surface area contributed by atoms with Crippen LogP contribution in [0.3, 0.4) is 0 Å². The van der Waals surface area contributed by atoms with Crippen molar-refractivity contribution in [3.05, 3.63) is 58.7 Å². The lowest BCUT2D eigenvalue weighted by molar-refractivity contribution is -0.133. The molecule has 11 heteroatoms. The van der Waals surface area contributed by atoms with Gasteiger partial charge < -0.3 is 14.2 Å². The Hall–Kier alpha value is -3.57. The van der Waals surface area contributed by atoms with Crippen molar-refractivity contribution in [1.82, 2.24) is 14.5 Å². The van der Waals surface area contributed by atoms with Crippen LogP contribution in [0.5, 0.6) is 0 Å². The third-order valence-electron chi connectivity index (χ3n) is 6.02. The molecule has 35 heavy (non-hydrogen) atoms. The van der Waals surface area contributed by atoms with Crippen LogP contribution in [0.4, 0.5) is 4.39 Å². The summed E-state index contributed by atoms with van der Waals surface area (Å²) in [6.07, 6.45) is 1.71. The first kappa shape index (κ1) is 23.2. The average Bonchev–Trinajstić information content (AvgIpc) is 3.37. The second kappa shape index (κ2) is 9.23. The molecule has 180 valence electrons. The van der Waals surface area contributed by atoms with E-state index in [1.165, 1.54) is 17.1 Å². The maximum absolute atomic E-state index is 13.4. The van der Waals surface area contributed by atoms with Gasteiger partial charge in [-0.1, -0.05) is 0 Å². The molecule has 0 atom stereocenters. The highest BCUT2D eigenvalue weighted by Gasteiger charge is 2.36. The highest BCUT2D eigenvalue weighted by molar-refractivity contribution is 8.27. The Bertz CT molecular complexity index is 1320. The van der Waals surface area contributed by atoms with E-state index >= 15 is 0 Å². The van der Waals surface area contributed by atoms with Gasteiger partial charge in [0.05, 0.1) is 25.2 Å². The third-order valence-corrected chi connectivity index (χ3v) is 6.93. The van der Waals surface area contributed by atoms with E-state index in [4.69, 9.17) is 10.1 Å². The fraction of sp³-hybridized carbons (Fsp3) is 0.292. The van der Waals surface area contributed by atoms with Crippen LogP contribution in [0.1, 0.15) is 23.4 Å². The average molecular weight is 495 g/mol. The van der Waals surface area contributed by atoms with Gasteiger partial charge in [-0.3, -0.25) is 15.0 Å². The maximum atomic E-state index is 13.4. The zero-order valence-corrected chi connectivity index (χ0v) is 20.1. The fourth-order valence-corrected chi connectivity index (χ4v) is 5.11. The van der Waals surface area contributed by atoms with Crippen LogP contribution in [0.15, 0.2) is 46.0 Å². The van der Waals surface area contributed by atoms with Gasteiger partial charge in [-0.25, -0.2) is 4.39 Å². The Morgan fingerprint density at radius 2 is 1.94 bits per heavy atom. The highest BCUT2D eigenvalue weighted by Crippen LogP contribution is 2.31. The molecule has 0 unspecified atom stereocenters. The molecule has 0 aliphatic carbocycles. The number of carbonyl (C=O) groups excluding carboxylic acids is 2. The van der Waals surface area contributed by atoms with Gasteiger partial charge in [0.2, 0.25) is 11.1 Å². The van der Waals surface area contributed by atoms with Crippen LogP contribution >= 0.6 is 11.8 Å². The number of amidine groups is 2. The zero-order chi connectivity index (χ0) is 24.7. The lowest BCUT2D eigenvalue weighted by atomic mass is 10.1. The number of thioether (sulfide) groups is 1. The number of nitrogens with zero attached hydrogens (tertiary/aromatic N) is 5. The number of morpholine rings is 1. The van der Waals surface area contributed by atoms with Gasteiger partial charge >= 0.3 is 0 Å². The second-order valence-corrected chi connectivity index (χ2v) is 9.36. The van der Waals surface area contributed by atoms with E-state index in [0.29, 0.717) is 31.3 Å². The number of fused-ring (bicyclic) bond motifs is 1. The van der Waals surface area contributed by atoms with E-state index < -0.39 is 5.91 Å². The van der Waals surface area contributed by atoms with Crippen molar-refractivity contribution in [2.75, 3.05) is 26.3 Å². The predicted molar refractivity (Wildman–Crippen MR) is 132 cm³/mol. The smallest absolute Gasteiger partial charge is 0.283 e. The predicted octanol–water partition coefficient (Wildman–Crippen LogP) is 3.10. The van der Waals surface area contributed by atoms with E-state index in [0.717, 1.165) is 34.4 Å². The highest BCUT2D eigenvalue weighted by atomic mass is 32.2. The molecule has 9 nitrogen and oxygen atoms in total. The van der Waals surface area contributed by atoms with Crippen LogP contribution < -0.4 is 0 Å². The molecule has 3 aliphatic heterocycles. The first-order chi connectivity index (χ1) is 16.8. The molecule has 1 aromatic carbocycles. The van der Waals surface area contributed by atoms with Crippen molar-refractivity contribution in [3.8, 4) is 5.69 Å². The van der Waals surface area contributed by atoms with Gasteiger partial charge in [0.15, 0.2) is 5.84 Å². The molecular weight excluding hydrogens is 471 g/mol. The summed E-state index contributed by atoms with van der Waals surface area (Å²) in [6, 6.07) is 8.07. The minimum absolute atomic E-state index is 0.0677. The first-order valence-corrected chi connectivity index (χ1v) is 11.9. The van der Waals surface area contributed by atoms with Crippen molar-refractivity contribution in [2.45, 2.75) is 20.3 Å². The molecule has 4 heterocycles. The number of carbonyl (C=O) groups is 2. The lowest BCUT2D eigenvalue weighted by Gasteiger charge is -2.26. The largest absolute Gasteiger partial charge is 0.378 e. The zero-order valence-electron chi connectivity index (χ0n) is 19.2. The van der Waals surface area contributed by atoms with Gasteiger partial charge in [-0.05, 0) is 67.6 Å². The fourth-order valence-electron chi connectivity index (χ4n) is 4.23. The SMILES string of the molecule is Cc1cc(/C=C2\C(=N)N3N=C(CC(=O)N4CCOCC4)SC3=NC2=O)c(C)n1-c1ccc(F)cc1. The molecule has 0 saturated carbocycles. The molecule has 0 radical (unpaired) electrons. The Kier molecular flexibility index (Phi) is 6.12. The van der Waals surface area contributed by atoms with Gasteiger partial charge in [0, 0.05) is 30.2 Å². The van der Waals surface area contributed by atoms with Crippen molar-refractivity contribution < 1.29 is 18.7 Å². The summed E-state index contributed by atoms with van der Waals surface area (Å²) in [6.45, 7) is 5.92. The molecule has 0 spiro atoms. The van der Waals surface area contributed by atoms with Crippen LogP contribution in [0.2, 0.25) is 0 Å². The Morgan fingerprint density at radius 3 is 2.66 bits per heavy atom. The normalized spacial score (nSPS) is 19.2. The van der Waals surface area contributed by atoms with Crippen LogP contribution in [0, 0.1) is 25.1 Å². The summed E-state index contributed by atoms with van der Waals surface area (Å²) >= 11 is 1.13. The van der Waals surface area contributed by atoms with E-state index in [-0.39, 0.29) is 34.7 Å². The Labute approximate surface area is 205 Å². The van der Waals surface area contributed by atoms with E-state index in [1.54, 1.807) is 23.1 Å².